The molecule has 0 bridgehead atoms. The number of hydrogen-bond acceptors (Lipinski definition) is 2. The lowest BCUT2D eigenvalue weighted by Gasteiger charge is -2.07. The summed E-state index contributed by atoms with van der Waals surface area (Å²) in [5.74, 6) is 0.450. The van der Waals surface area contributed by atoms with E-state index < -0.39 is 11.7 Å². The number of unbranched alkanes of at least 4 members (excludes halogenated alkanes) is 3. The highest BCUT2D eigenvalue weighted by molar-refractivity contribution is 5.55. The van der Waals surface area contributed by atoms with Gasteiger partial charge in [0.25, 0.3) is 0 Å². The maximum atomic E-state index is 12.5. The van der Waals surface area contributed by atoms with Crippen LogP contribution in [-0.2, 0) is 12.6 Å². The third kappa shape index (κ3) is 4.55. The third-order valence-electron chi connectivity index (χ3n) is 3.49. The van der Waals surface area contributed by atoms with Crippen LogP contribution in [-0.4, -0.2) is 9.97 Å². The van der Waals surface area contributed by atoms with Gasteiger partial charge < -0.3 is 0 Å². The molecule has 2 aromatic rings. The maximum absolute atomic E-state index is 12.5. The molecule has 1 aromatic heterocycles. The van der Waals surface area contributed by atoms with Gasteiger partial charge in [-0.25, -0.2) is 9.97 Å². The first-order valence-corrected chi connectivity index (χ1v) is 7.49. The largest absolute Gasteiger partial charge is 0.416 e. The molecular formula is C17H19F3N2. The Morgan fingerprint density at radius 3 is 2.09 bits per heavy atom. The summed E-state index contributed by atoms with van der Waals surface area (Å²) >= 11 is 0. The molecule has 1 heterocycles. The molecule has 2 rings (SSSR count). The van der Waals surface area contributed by atoms with Crippen molar-refractivity contribution in [2.24, 2.45) is 0 Å². The molecule has 5 heteroatoms. The van der Waals surface area contributed by atoms with Crippen LogP contribution < -0.4 is 0 Å². The molecule has 0 spiro atoms. The zero-order valence-electron chi connectivity index (χ0n) is 12.5. The van der Waals surface area contributed by atoms with Crippen LogP contribution in [0.2, 0.25) is 0 Å². The molecule has 1 aromatic carbocycles. The van der Waals surface area contributed by atoms with Gasteiger partial charge in [0.05, 0.1) is 5.56 Å². The lowest BCUT2D eigenvalue weighted by atomic mass is 10.1. The molecule has 0 aliphatic heterocycles. The van der Waals surface area contributed by atoms with E-state index in [9.17, 15) is 13.2 Å². The van der Waals surface area contributed by atoms with Crippen LogP contribution in [0.4, 0.5) is 13.2 Å². The standard InChI is InChI=1S/C17H19F3N2/c1-2-3-4-5-6-13-11-21-16(22-12-13)14-7-9-15(10-8-14)17(18,19)20/h7-12H,2-6H2,1H3. The Morgan fingerprint density at radius 2 is 1.55 bits per heavy atom. The summed E-state index contributed by atoms with van der Waals surface area (Å²) in [6.45, 7) is 2.17. The molecule has 0 aliphatic rings. The molecule has 0 unspecified atom stereocenters. The van der Waals surface area contributed by atoms with Crippen molar-refractivity contribution in [2.75, 3.05) is 0 Å². The van der Waals surface area contributed by atoms with Crippen molar-refractivity contribution in [2.45, 2.75) is 45.2 Å². The Morgan fingerprint density at radius 1 is 0.909 bits per heavy atom. The lowest BCUT2D eigenvalue weighted by Crippen LogP contribution is -2.04. The second-order valence-electron chi connectivity index (χ2n) is 5.30. The molecule has 118 valence electrons. The summed E-state index contributed by atoms with van der Waals surface area (Å²) in [5, 5.41) is 0. The van der Waals surface area contributed by atoms with Crippen molar-refractivity contribution in [1.82, 2.24) is 9.97 Å². The van der Waals surface area contributed by atoms with Gasteiger partial charge in [-0.2, -0.15) is 13.2 Å². The molecule has 0 amide bonds. The number of aryl methyl sites for hydroxylation is 1. The van der Waals surface area contributed by atoms with Crippen LogP contribution in [0.3, 0.4) is 0 Å². The molecule has 2 nitrogen and oxygen atoms in total. The van der Waals surface area contributed by atoms with E-state index in [-0.39, 0.29) is 0 Å². The van der Waals surface area contributed by atoms with Crippen molar-refractivity contribution < 1.29 is 13.2 Å². The fourth-order valence-electron chi connectivity index (χ4n) is 2.20. The minimum Gasteiger partial charge on any atom is -0.236 e. The van der Waals surface area contributed by atoms with Crippen molar-refractivity contribution in [3.05, 3.63) is 47.8 Å². The van der Waals surface area contributed by atoms with E-state index in [0.717, 1.165) is 30.5 Å². The summed E-state index contributed by atoms with van der Waals surface area (Å²) in [6, 6.07) is 4.91. The van der Waals surface area contributed by atoms with Crippen molar-refractivity contribution in [1.29, 1.82) is 0 Å². The molecule has 0 radical (unpaired) electrons. The van der Waals surface area contributed by atoms with E-state index in [0.29, 0.717) is 11.4 Å². The predicted molar refractivity (Wildman–Crippen MR) is 80.3 cm³/mol. The van der Waals surface area contributed by atoms with E-state index in [1.54, 1.807) is 12.4 Å². The third-order valence-corrected chi connectivity index (χ3v) is 3.49. The minimum atomic E-state index is -4.32. The normalized spacial score (nSPS) is 11.6. The Hall–Kier alpha value is -1.91. The second kappa shape index (κ2) is 7.38. The topological polar surface area (TPSA) is 25.8 Å². The van der Waals surface area contributed by atoms with Gasteiger partial charge in [-0.1, -0.05) is 38.3 Å². The zero-order valence-corrected chi connectivity index (χ0v) is 12.5. The van der Waals surface area contributed by atoms with Crippen molar-refractivity contribution in [3.8, 4) is 11.4 Å². The monoisotopic (exact) mass is 308 g/mol. The number of alkyl halides is 3. The van der Waals surface area contributed by atoms with Gasteiger partial charge in [0.15, 0.2) is 5.82 Å². The van der Waals surface area contributed by atoms with Crippen LogP contribution in [0.25, 0.3) is 11.4 Å². The average molecular weight is 308 g/mol. The van der Waals surface area contributed by atoms with E-state index >= 15 is 0 Å². The summed E-state index contributed by atoms with van der Waals surface area (Å²) < 4.78 is 37.6. The number of hydrogen-bond donors (Lipinski definition) is 0. The molecular weight excluding hydrogens is 289 g/mol. The van der Waals surface area contributed by atoms with Gasteiger partial charge in [-0.15, -0.1) is 0 Å². The fourth-order valence-corrected chi connectivity index (χ4v) is 2.20. The molecule has 0 N–H and O–H groups in total. The minimum absolute atomic E-state index is 0.450. The van der Waals surface area contributed by atoms with E-state index in [2.05, 4.69) is 16.9 Å². The van der Waals surface area contributed by atoms with Crippen LogP contribution in [0.1, 0.15) is 43.7 Å². The van der Waals surface area contributed by atoms with Crippen molar-refractivity contribution in [3.63, 3.8) is 0 Å². The summed E-state index contributed by atoms with van der Waals surface area (Å²) in [5.41, 5.74) is 0.987. The van der Waals surface area contributed by atoms with Gasteiger partial charge in [0.1, 0.15) is 0 Å². The summed E-state index contributed by atoms with van der Waals surface area (Å²) in [7, 11) is 0. The summed E-state index contributed by atoms with van der Waals surface area (Å²) in [4.78, 5) is 8.49. The van der Waals surface area contributed by atoms with Gasteiger partial charge in [-0.3, -0.25) is 0 Å². The maximum Gasteiger partial charge on any atom is 0.416 e. The first kappa shape index (κ1) is 16.5. The number of rotatable bonds is 6. The van der Waals surface area contributed by atoms with Crippen LogP contribution in [0, 0.1) is 0 Å². The molecule has 22 heavy (non-hydrogen) atoms. The summed E-state index contributed by atoms with van der Waals surface area (Å²) in [6.07, 6.45) is 4.86. The molecule has 0 fully saturated rings. The van der Waals surface area contributed by atoms with E-state index in [4.69, 9.17) is 0 Å². The Bertz CT molecular complexity index is 574. The number of halogens is 3. The quantitative estimate of drug-likeness (QED) is 0.678. The van der Waals surface area contributed by atoms with Crippen molar-refractivity contribution >= 4 is 0 Å². The Balaban J connectivity index is 2.01. The zero-order chi connectivity index (χ0) is 16.0. The first-order chi connectivity index (χ1) is 10.5. The van der Waals surface area contributed by atoms with Gasteiger partial charge in [0.2, 0.25) is 0 Å². The highest BCUT2D eigenvalue weighted by atomic mass is 19.4. The highest BCUT2D eigenvalue weighted by Crippen LogP contribution is 2.30. The molecule has 0 atom stereocenters. The van der Waals surface area contributed by atoms with Gasteiger partial charge in [-0.05, 0) is 30.5 Å². The van der Waals surface area contributed by atoms with Crippen LogP contribution in [0.5, 0.6) is 0 Å². The smallest absolute Gasteiger partial charge is 0.236 e. The molecule has 0 saturated carbocycles. The number of nitrogens with zero attached hydrogens (tertiary/aromatic N) is 2. The highest BCUT2D eigenvalue weighted by Gasteiger charge is 2.30. The van der Waals surface area contributed by atoms with E-state index in [1.807, 2.05) is 0 Å². The molecule has 0 aliphatic carbocycles. The second-order valence-corrected chi connectivity index (χ2v) is 5.30. The first-order valence-electron chi connectivity index (χ1n) is 7.49. The SMILES string of the molecule is CCCCCCc1cnc(-c2ccc(C(F)(F)F)cc2)nc1. The van der Waals surface area contributed by atoms with E-state index in [1.165, 1.54) is 31.4 Å². The van der Waals surface area contributed by atoms with Gasteiger partial charge >= 0.3 is 6.18 Å². The average Bonchev–Trinajstić information content (AvgIpc) is 2.51. The molecule has 0 saturated heterocycles. The Labute approximate surface area is 128 Å². The van der Waals surface area contributed by atoms with Gasteiger partial charge in [0, 0.05) is 18.0 Å². The lowest BCUT2D eigenvalue weighted by molar-refractivity contribution is -0.137. The number of benzene rings is 1. The predicted octanol–water partition coefficient (Wildman–Crippen LogP) is 5.29. The fraction of sp³-hybridized carbons (Fsp3) is 0.412. The number of aromatic nitrogens is 2. The van der Waals surface area contributed by atoms with Crippen LogP contribution in [0.15, 0.2) is 36.7 Å². The Kier molecular flexibility index (Phi) is 5.52. The van der Waals surface area contributed by atoms with Crippen LogP contribution >= 0.6 is 0 Å².